The minimum Gasteiger partial charge on any atom is -0.453 e. The summed E-state index contributed by atoms with van der Waals surface area (Å²) in [7, 11) is 0. The van der Waals surface area contributed by atoms with Gasteiger partial charge in [-0.25, -0.2) is 4.79 Å². The number of ether oxygens (including phenoxy) is 1. The third kappa shape index (κ3) is 2.47. The molecule has 0 radical (unpaired) electrons. The van der Waals surface area contributed by atoms with Gasteiger partial charge in [0.15, 0.2) is 11.5 Å². The molecule has 24 heavy (non-hydrogen) atoms. The van der Waals surface area contributed by atoms with Crippen molar-refractivity contribution in [2.24, 2.45) is 0 Å². The van der Waals surface area contributed by atoms with E-state index in [2.05, 4.69) is 10.2 Å². The second kappa shape index (κ2) is 5.94. The summed E-state index contributed by atoms with van der Waals surface area (Å²) in [6.45, 7) is 0.500. The van der Waals surface area contributed by atoms with Crippen molar-refractivity contribution in [3.8, 4) is 11.5 Å². The first-order valence-corrected chi connectivity index (χ1v) is 8.67. The molecule has 7 nitrogen and oxygen atoms in total. The summed E-state index contributed by atoms with van der Waals surface area (Å²) in [6, 6.07) is 9.37. The molecule has 3 heterocycles. The van der Waals surface area contributed by atoms with E-state index in [0.717, 1.165) is 11.3 Å². The van der Waals surface area contributed by atoms with E-state index < -0.39 is 10.8 Å². The van der Waals surface area contributed by atoms with Gasteiger partial charge in [0.05, 0.1) is 0 Å². The van der Waals surface area contributed by atoms with Crippen molar-refractivity contribution in [3.63, 3.8) is 0 Å². The number of rotatable bonds is 4. The first kappa shape index (κ1) is 15.2. The largest absolute Gasteiger partial charge is 0.453 e. The Balaban J connectivity index is 1.43. The molecule has 124 valence electrons. The van der Waals surface area contributed by atoms with E-state index in [1.807, 2.05) is 30.3 Å². The van der Waals surface area contributed by atoms with Crippen molar-refractivity contribution in [2.75, 3.05) is 12.3 Å². The number of amides is 1. The number of aromatic nitrogens is 2. The van der Waals surface area contributed by atoms with Crippen molar-refractivity contribution < 1.29 is 18.7 Å². The van der Waals surface area contributed by atoms with Crippen molar-refractivity contribution >= 4 is 23.6 Å². The van der Waals surface area contributed by atoms with Crippen molar-refractivity contribution in [3.05, 3.63) is 36.2 Å². The van der Waals surface area contributed by atoms with Crippen LogP contribution >= 0.6 is 11.8 Å². The topological polar surface area (TPSA) is 85.5 Å². The third-order valence-electron chi connectivity index (χ3n) is 4.20. The zero-order valence-electron chi connectivity index (χ0n) is 12.8. The molecule has 2 fully saturated rings. The molecule has 2 aliphatic rings. The minimum atomic E-state index is -0.862. The molecule has 2 aromatic rings. The summed E-state index contributed by atoms with van der Waals surface area (Å²) >= 11 is 1.47. The van der Waals surface area contributed by atoms with E-state index in [4.69, 9.17) is 9.15 Å². The van der Waals surface area contributed by atoms with Crippen LogP contribution in [0.25, 0.3) is 11.5 Å². The highest BCUT2D eigenvalue weighted by Crippen LogP contribution is 2.45. The fourth-order valence-electron chi connectivity index (χ4n) is 3.03. The van der Waals surface area contributed by atoms with Crippen LogP contribution in [0.1, 0.15) is 18.7 Å². The maximum absolute atomic E-state index is 12.5. The normalized spacial score (nSPS) is 22.7. The number of nitrogens with zero attached hydrogens (tertiary/aromatic N) is 3. The maximum Gasteiger partial charge on any atom is 0.343 e. The number of carbonyl (C=O) groups is 2. The molecule has 1 amide bonds. The Kier molecular flexibility index (Phi) is 3.76. The van der Waals surface area contributed by atoms with Gasteiger partial charge in [0.2, 0.25) is 11.8 Å². The Morgan fingerprint density at radius 1 is 1.33 bits per heavy atom. The predicted molar refractivity (Wildman–Crippen MR) is 85.7 cm³/mol. The highest BCUT2D eigenvalue weighted by atomic mass is 32.2. The number of thioether (sulfide) groups is 1. The SMILES string of the molecule is O=C1CC[C@@]2(C(=O)OCc3nnc(-c4ccccc4)o3)SCCN12. The van der Waals surface area contributed by atoms with Crippen LogP contribution in [-0.4, -0.2) is 44.1 Å². The first-order chi connectivity index (χ1) is 11.7. The Hall–Kier alpha value is -2.35. The van der Waals surface area contributed by atoms with E-state index in [0.29, 0.717) is 25.3 Å². The van der Waals surface area contributed by atoms with Crippen LogP contribution in [0.3, 0.4) is 0 Å². The van der Waals surface area contributed by atoms with Crippen LogP contribution in [-0.2, 0) is 20.9 Å². The van der Waals surface area contributed by atoms with Crippen molar-refractivity contribution in [2.45, 2.75) is 24.3 Å². The molecule has 2 aliphatic heterocycles. The third-order valence-corrected chi connectivity index (χ3v) is 5.66. The summed E-state index contributed by atoms with van der Waals surface area (Å²) in [4.78, 5) is 25.1. The zero-order chi connectivity index (χ0) is 16.6. The highest BCUT2D eigenvalue weighted by molar-refractivity contribution is 8.01. The summed E-state index contributed by atoms with van der Waals surface area (Å²) < 4.78 is 10.9. The van der Waals surface area contributed by atoms with Gasteiger partial charge in [0.1, 0.15) is 0 Å². The van der Waals surface area contributed by atoms with Gasteiger partial charge in [-0.3, -0.25) is 4.79 Å². The van der Waals surface area contributed by atoms with Gasteiger partial charge in [-0.05, 0) is 18.6 Å². The summed E-state index contributed by atoms with van der Waals surface area (Å²) in [5.74, 6) is 0.973. The van der Waals surface area contributed by atoms with Crippen LogP contribution in [0.2, 0.25) is 0 Å². The first-order valence-electron chi connectivity index (χ1n) is 7.68. The lowest BCUT2D eigenvalue weighted by Crippen LogP contribution is -2.46. The molecule has 8 heteroatoms. The van der Waals surface area contributed by atoms with Gasteiger partial charge in [-0.1, -0.05) is 18.2 Å². The van der Waals surface area contributed by atoms with Crippen molar-refractivity contribution in [1.82, 2.24) is 15.1 Å². The number of benzene rings is 1. The fourth-order valence-corrected chi connectivity index (χ4v) is 4.41. The molecule has 1 aromatic carbocycles. The molecule has 1 atom stereocenters. The number of hydrogen-bond donors (Lipinski definition) is 0. The zero-order valence-corrected chi connectivity index (χ0v) is 13.6. The maximum atomic E-state index is 12.5. The molecule has 0 unspecified atom stereocenters. The molecule has 0 bridgehead atoms. The van der Waals surface area contributed by atoms with E-state index in [1.165, 1.54) is 11.8 Å². The van der Waals surface area contributed by atoms with Crippen LogP contribution in [0.5, 0.6) is 0 Å². The van der Waals surface area contributed by atoms with Crippen LogP contribution < -0.4 is 0 Å². The van der Waals surface area contributed by atoms with E-state index >= 15 is 0 Å². The van der Waals surface area contributed by atoms with Crippen LogP contribution in [0.4, 0.5) is 0 Å². The van der Waals surface area contributed by atoms with Gasteiger partial charge >= 0.3 is 5.97 Å². The van der Waals surface area contributed by atoms with Gasteiger partial charge < -0.3 is 14.1 Å². The predicted octanol–water partition coefficient (Wildman–Crippen LogP) is 1.85. The van der Waals surface area contributed by atoms with Gasteiger partial charge in [0, 0.05) is 24.3 Å². The fraction of sp³-hybridized carbons (Fsp3) is 0.375. The monoisotopic (exact) mass is 345 g/mol. The Labute approximate surface area is 142 Å². The van der Waals surface area contributed by atoms with Crippen molar-refractivity contribution in [1.29, 1.82) is 0 Å². The lowest BCUT2D eigenvalue weighted by Gasteiger charge is -2.27. The average Bonchev–Trinajstić information content (AvgIpc) is 3.31. The minimum absolute atomic E-state index is 0.0149. The van der Waals surface area contributed by atoms with E-state index in [9.17, 15) is 9.59 Å². The Morgan fingerprint density at radius 3 is 3.00 bits per heavy atom. The quantitative estimate of drug-likeness (QED) is 0.782. The molecule has 2 saturated heterocycles. The van der Waals surface area contributed by atoms with Crippen LogP contribution in [0, 0.1) is 0 Å². The lowest BCUT2D eigenvalue weighted by molar-refractivity contribution is -0.155. The lowest BCUT2D eigenvalue weighted by atomic mass is 10.2. The Bertz CT molecular complexity index is 779. The second-order valence-electron chi connectivity index (χ2n) is 5.62. The number of carbonyl (C=O) groups excluding carboxylic acids is 2. The molecule has 4 rings (SSSR count). The molecule has 0 aliphatic carbocycles. The molecule has 1 aromatic heterocycles. The standard InChI is InChI=1S/C16H15N3O4S/c20-13-6-7-16(19(13)8-9-24-16)15(21)22-10-12-17-18-14(23-12)11-4-2-1-3-5-11/h1-5H,6-10H2/t16-/m0/s1. The number of hydrogen-bond acceptors (Lipinski definition) is 7. The van der Waals surface area contributed by atoms with E-state index in [-0.39, 0.29) is 18.4 Å². The van der Waals surface area contributed by atoms with Gasteiger partial charge in [-0.15, -0.1) is 22.0 Å². The highest BCUT2D eigenvalue weighted by Gasteiger charge is 2.56. The number of fused-ring (bicyclic) bond motifs is 1. The smallest absolute Gasteiger partial charge is 0.343 e. The molecule has 0 saturated carbocycles. The van der Waals surface area contributed by atoms with E-state index in [1.54, 1.807) is 4.90 Å². The van der Waals surface area contributed by atoms with Gasteiger partial charge in [-0.2, -0.15) is 0 Å². The number of esters is 1. The molecule has 0 N–H and O–H groups in total. The molecular formula is C16H15N3O4S. The summed E-state index contributed by atoms with van der Waals surface area (Å²) in [5.41, 5.74) is 0.806. The second-order valence-corrected chi connectivity index (χ2v) is 6.99. The Morgan fingerprint density at radius 2 is 2.17 bits per heavy atom. The summed E-state index contributed by atoms with van der Waals surface area (Å²) in [6.07, 6.45) is 0.884. The summed E-state index contributed by atoms with van der Waals surface area (Å²) in [5, 5.41) is 7.87. The molecule has 0 spiro atoms. The van der Waals surface area contributed by atoms with Gasteiger partial charge in [0.25, 0.3) is 5.89 Å². The molecular weight excluding hydrogens is 330 g/mol. The average molecular weight is 345 g/mol. The van der Waals surface area contributed by atoms with Crippen LogP contribution in [0.15, 0.2) is 34.7 Å².